The monoisotopic (exact) mass is 534 g/mol. The fourth-order valence-corrected chi connectivity index (χ4v) is 3.36. The molecule has 6 nitrogen and oxygen atoms in total. The lowest BCUT2D eigenvalue weighted by Gasteiger charge is -2.11. The molecule has 0 aliphatic rings. The van der Waals surface area contributed by atoms with E-state index in [2.05, 4.69) is 20.3 Å². The van der Waals surface area contributed by atoms with Crippen molar-refractivity contribution in [1.82, 2.24) is 15.4 Å². The van der Waals surface area contributed by atoms with Crippen LogP contribution in [0.5, 0.6) is 0 Å². The van der Waals surface area contributed by atoms with Crippen molar-refractivity contribution in [3.63, 3.8) is 0 Å². The smallest absolute Gasteiger partial charge is 0.211 e. The lowest BCUT2D eigenvalue weighted by Crippen LogP contribution is -2.38. The average Bonchev–Trinajstić information content (AvgIpc) is 2.59. The van der Waals surface area contributed by atoms with Crippen LogP contribution in [0.3, 0.4) is 0 Å². The number of aliphatic imine (C=N–C) groups is 1. The largest absolute Gasteiger partial charge is 0.357 e. The van der Waals surface area contributed by atoms with Gasteiger partial charge in [0, 0.05) is 41.8 Å². The number of hydrogen-bond acceptors (Lipinski definition) is 4. The van der Waals surface area contributed by atoms with E-state index in [9.17, 15) is 8.42 Å². The normalized spacial score (nSPS) is 11.7. The van der Waals surface area contributed by atoms with Gasteiger partial charge in [0.1, 0.15) is 0 Å². The third-order valence-electron chi connectivity index (χ3n) is 3.13. The molecule has 0 bridgehead atoms. The molecular weight excluding hydrogens is 507 g/mol. The standard InChI is InChI=1S/C16H27ClN4O2S2.HI/c1-3-18-16(19-10-5-11-21-25(22,23)4-2)20-12-13-24-15-8-6-14(17)7-9-15;/h6-9,21H,3-5,10-13H2,1-2H3,(H2,18,19,20);1H. The zero-order valence-corrected chi connectivity index (χ0v) is 19.8. The van der Waals surface area contributed by atoms with Crippen molar-refractivity contribution in [2.45, 2.75) is 25.2 Å². The van der Waals surface area contributed by atoms with Crippen molar-refractivity contribution >= 4 is 63.3 Å². The molecule has 0 fully saturated rings. The van der Waals surface area contributed by atoms with E-state index in [-0.39, 0.29) is 29.7 Å². The quantitative estimate of drug-likeness (QED) is 0.134. The summed E-state index contributed by atoms with van der Waals surface area (Å²) in [5, 5.41) is 7.20. The second-order valence-corrected chi connectivity index (χ2v) is 8.84. The van der Waals surface area contributed by atoms with Crippen LogP contribution in [-0.4, -0.2) is 52.1 Å². The molecule has 150 valence electrons. The third-order valence-corrected chi connectivity index (χ3v) is 5.80. The molecule has 0 radical (unpaired) electrons. The van der Waals surface area contributed by atoms with Gasteiger partial charge >= 0.3 is 0 Å². The van der Waals surface area contributed by atoms with Crippen LogP contribution in [0, 0.1) is 0 Å². The molecule has 10 heteroatoms. The Hall–Kier alpha value is -0.230. The van der Waals surface area contributed by atoms with Crippen LogP contribution in [0.1, 0.15) is 20.3 Å². The molecule has 0 amide bonds. The Morgan fingerprint density at radius 3 is 2.46 bits per heavy atom. The lowest BCUT2D eigenvalue weighted by atomic mass is 10.4. The highest BCUT2D eigenvalue weighted by atomic mass is 127. The number of nitrogens with one attached hydrogen (secondary N) is 3. The summed E-state index contributed by atoms with van der Waals surface area (Å²) in [4.78, 5) is 5.63. The SMILES string of the molecule is CCNC(=NCCCNS(=O)(=O)CC)NCCSc1ccc(Cl)cc1.I. The highest BCUT2D eigenvalue weighted by Crippen LogP contribution is 2.19. The van der Waals surface area contributed by atoms with E-state index in [1.807, 2.05) is 31.2 Å². The van der Waals surface area contributed by atoms with Crippen LogP contribution >= 0.6 is 47.3 Å². The minimum atomic E-state index is -3.12. The van der Waals surface area contributed by atoms with Gasteiger partial charge in [-0.15, -0.1) is 35.7 Å². The maximum absolute atomic E-state index is 11.3. The first-order valence-electron chi connectivity index (χ1n) is 8.34. The van der Waals surface area contributed by atoms with E-state index < -0.39 is 10.0 Å². The van der Waals surface area contributed by atoms with Crippen LogP contribution in [0.25, 0.3) is 0 Å². The number of hydrogen-bond donors (Lipinski definition) is 3. The maximum atomic E-state index is 11.3. The van der Waals surface area contributed by atoms with Gasteiger partial charge < -0.3 is 10.6 Å². The summed E-state index contributed by atoms with van der Waals surface area (Å²) in [6, 6.07) is 7.78. The van der Waals surface area contributed by atoms with Gasteiger partial charge in [0.05, 0.1) is 5.75 Å². The van der Waals surface area contributed by atoms with Gasteiger partial charge in [-0.3, -0.25) is 4.99 Å². The van der Waals surface area contributed by atoms with Gasteiger partial charge in [0.2, 0.25) is 10.0 Å². The highest BCUT2D eigenvalue weighted by molar-refractivity contribution is 14.0. The van der Waals surface area contributed by atoms with Crippen LogP contribution in [-0.2, 0) is 10.0 Å². The molecule has 0 atom stereocenters. The number of thioether (sulfide) groups is 1. The van der Waals surface area contributed by atoms with E-state index in [0.29, 0.717) is 19.5 Å². The molecule has 0 saturated carbocycles. The maximum Gasteiger partial charge on any atom is 0.211 e. The Kier molecular flexibility index (Phi) is 14.7. The van der Waals surface area contributed by atoms with E-state index in [0.717, 1.165) is 29.8 Å². The highest BCUT2D eigenvalue weighted by Gasteiger charge is 2.04. The van der Waals surface area contributed by atoms with E-state index in [4.69, 9.17) is 11.6 Å². The summed E-state index contributed by atoms with van der Waals surface area (Å²) in [6.07, 6.45) is 0.662. The Morgan fingerprint density at radius 1 is 1.15 bits per heavy atom. The lowest BCUT2D eigenvalue weighted by molar-refractivity contribution is 0.581. The van der Waals surface area contributed by atoms with Crippen molar-refractivity contribution in [3.8, 4) is 0 Å². The van der Waals surface area contributed by atoms with Crippen molar-refractivity contribution in [2.75, 3.05) is 37.7 Å². The summed E-state index contributed by atoms with van der Waals surface area (Å²) in [5.74, 6) is 1.76. The molecule has 0 saturated heterocycles. The summed E-state index contributed by atoms with van der Waals surface area (Å²) >= 11 is 7.62. The van der Waals surface area contributed by atoms with Crippen molar-refractivity contribution in [3.05, 3.63) is 29.3 Å². The van der Waals surface area contributed by atoms with Gasteiger partial charge in [-0.05, 0) is 44.5 Å². The number of nitrogens with zero attached hydrogens (tertiary/aromatic N) is 1. The van der Waals surface area contributed by atoms with E-state index in [1.54, 1.807) is 18.7 Å². The first-order valence-corrected chi connectivity index (χ1v) is 11.4. The topological polar surface area (TPSA) is 82.6 Å². The third kappa shape index (κ3) is 12.2. The minimum Gasteiger partial charge on any atom is -0.357 e. The summed E-state index contributed by atoms with van der Waals surface area (Å²) in [6.45, 7) is 6.16. The number of rotatable bonds is 11. The molecule has 1 aromatic rings. The molecule has 1 rings (SSSR count). The van der Waals surface area contributed by atoms with Gasteiger partial charge in [-0.1, -0.05) is 11.6 Å². The fourth-order valence-electron chi connectivity index (χ4n) is 1.81. The van der Waals surface area contributed by atoms with Crippen molar-refractivity contribution in [2.24, 2.45) is 4.99 Å². The molecule has 0 heterocycles. The van der Waals surface area contributed by atoms with Crippen LogP contribution in [0.15, 0.2) is 34.2 Å². The summed E-state index contributed by atoms with van der Waals surface area (Å²) in [5.41, 5.74) is 0. The van der Waals surface area contributed by atoms with Crippen molar-refractivity contribution in [1.29, 1.82) is 0 Å². The fraction of sp³-hybridized carbons (Fsp3) is 0.562. The Labute approximate surface area is 183 Å². The van der Waals surface area contributed by atoms with Crippen LogP contribution < -0.4 is 15.4 Å². The predicted molar refractivity (Wildman–Crippen MR) is 124 cm³/mol. The van der Waals surface area contributed by atoms with Crippen molar-refractivity contribution < 1.29 is 8.42 Å². The molecule has 26 heavy (non-hydrogen) atoms. The molecule has 0 spiro atoms. The van der Waals surface area contributed by atoms with E-state index in [1.165, 1.54) is 4.90 Å². The number of guanidine groups is 1. The van der Waals surface area contributed by atoms with Gasteiger partial charge in [0.15, 0.2) is 5.96 Å². The molecule has 3 N–H and O–H groups in total. The summed E-state index contributed by atoms with van der Waals surface area (Å²) < 4.78 is 25.2. The van der Waals surface area contributed by atoms with Gasteiger partial charge in [-0.25, -0.2) is 13.1 Å². The Morgan fingerprint density at radius 2 is 1.85 bits per heavy atom. The van der Waals surface area contributed by atoms with E-state index >= 15 is 0 Å². The van der Waals surface area contributed by atoms with Gasteiger partial charge in [-0.2, -0.15) is 0 Å². The first kappa shape index (κ1) is 25.8. The number of halogens is 2. The molecular formula is C16H28ClIN4O2S2. The summed E-state index contributed by atoms with van der Waals surface area (Å²) in [7, 11) is -3.12. The average molecular weight is 535 g/mol. The van der Waals surface area contributed by atoms with Gasteiger partial charge in [0.25, 0.3) is 0 Å². The second kappa shape index (κ2) is 14.8. The molecule has 0 aliphatic carbocycles. The Balaban J connectivity index is 0.00000625. The number of benzene rings is 1. The molecule has 0 unspecified atom stereocenters. The number of sulfonamides is 1. The van der Waals surface area contributed by atoms with Crippen LogP contribution in [0.4, 0.5) is 0 Å². The Bertz CT molecular complexity index is 628. The van der Waals surface area contributed by atoms with Crippen LogP contribution in [0.2, 0.25) is 5.02 Å². The molecule has 1 aromatic carbocycles. The zero-order chi connectivity index (χ0) is 18.5. The first-order chi connectivity index (χ1) is 12.0. The zero-order valence-electron chi connectivity index (χ0n) is 15.1. The second-order valence-electron chi connectivity index (χ2n) is 5.14. The molecule has 0 aliphatic heterocycles. The molecule has 0 aromatic heterocycles. The minimum absolute atomic E-state index is 0. The predicted octanol–water partition coefficient (Wildman–Crippen LogP) is 2.93.